The summed E-state index contributed by atoms with van der Waals surface area (Å²) in [5.74, 6) is -0.430. The summed E-state index contributed by atoms with van der Waals surface area (Å²) in [6.45, 7) is 0.827. The molecule has 0 aliphatic heterocycles. The molecular weight excluding hydrogens is 396 g/mol. The number of carbonyl (C=O) groups is 1. The van der Waals surface area contributed by atoms with Gasteiger partial charge in [0.25, 0.3) is 11.6 Å². The van der Waals surface area contributed by atoms with Crippen molar-refractivity contribution in [2.24, 2.45) is 0 Å². The van der Waals surface area contributed by atoms with E-state index in [-0.39, 0.29) is 11.3 Å². The van der Waals surface area contributed by atoms with E-state index in [4.69, 9.17) is 4.74 Å². The van der Waals surface area contributed by atoms with Crippen molar-refractivity contribution in [2.75, 3.05) is 42.8 Å². The Morgan fingerprint density at radius 1 is 1.03 bits per heavy atom. The zero-order chi connectivity index (χ0) is 22.2. The third kappa shape index (κ3) is 5.37. The Morgan fingerprint density at radius 2 is 1.74 bits per heavy atom. The molecule has 0 fully saturated rings. The first kappa shape index (κ1) is 21.8. The zero-order valence-electron chi connectivity index (χ0n) is 17.4. The summed E-state index contributed by atoms with van der Waals surface area (Å²) in [6, 6.07) is 21.5. The number of nitro benzene ring substituents is 1. The van der Waals surface area contributed by atoms with E-state index in [1.54, 1.807) is 19.2 Å². The van der Waals surface area contributed by atoms with Crippen LogP contribution < -0.4 is 15.5 Å². The molecule has 160 valence electrons. The second-order valence-electron chi connectivity index (χ2n) is 6.77. The molecule has 0 aliphatic carbocycles. The van der Waals surface area contributed by atoms with Gasteiger partial charge in [-0.25, -0.2) is 0 Å². The summed E-state index contributed by atoms with van der Waals surface area (Å²) >= 11 is 0. The lowest BCUT2D eigenvalue weighted by molar-refractivity contribution is -0.384. The molecule has 3 aromatic rings. The lowest BCUT2D eigenvalue weighted by atomic mass is 10.1. The van der Waals surface area contributed by atoms with E-state index in [1.807, 2.05) is 60.5 Å². The van der Waals surface area contributed by atoms with E-state index in [2.05, 4.69) is 10.6 Å². The standard InChI is InChI=1S/C23H24N4O4/c1-26(18-8-4-3-5-9-18)21-11-7-6-10-20(21)25-23(28)17-12-13-19(24-14-15-31-2)22(16-17)27(29)30/h3-13,16,24H,14-15H2,1-2H3,(H,25,28). The number of amides is 1. The molecule has 0 heterocycles. The van der Waals surface area contributed by atoms with Gasteiger partial charge in [0.05, 0.1) is 22.9 Å². The lowest BCUT2D eigenvalue weighted by Gasteiger charge is -2.22. The number of nitrogens with one attached hydrogen (secondary N) is 2. The van der Waals surface area contributed by atoms with Gasteiger partial charge in [-0.05, 0) is 36.4 Å². The van der Waals surface area contributed by atoms with Crippen LogP contribution >= 0.6 is 0 Å². The number of nitro groups is 1. The lowest BCUT2D eigenvalue weighted by Crippen LogP contribution is -2.17. The number of benzene rings is 3. The molecule has 8 heteroatoms. The Bertz CT molecular complexity index is 1060. The van der Waals surface area contributed by atoms with E-state index >= 15 is 0 Å². The van der Waals surface area contributed by atoms with Crippen molar-refractivity contribution in [3.05, 3.63) is 88.5 Å². The number of nitrogens with zero attached hydrogens (tertiary/aromatic N) is 2. The van der Waals surface area contributed by atoms with Crippen molar-refractivity contribution in [3.63, 3.8) is 0 Å². The van der Waals surface area contributed by atoms with Crippen LogP contribution in [0.1, 0.15) is 10.4 Å². The summed E-state index contributed by atoms with van der Waals surface area (Å²) < 4.78 is 4.95. The van der Waals surface area contributed by atoms with Crippen LogP contribution in [0.5, 0.6) is 0 Å². The van der Waals surface area contributed by atoms with Gasteiger partial charge in [0.15, 0.2) is 0 Å². The summed E-state index contributed by atoms with van der Waals surface area (Å²) in [6.07, 6.45) is 0. The van der Waals surface area contributed by atoms with Gasteiger partial charge in [-0.1, -0.05) is 30.3 Å². The largest absolute Gasteiger partial charge is 0.383 e. The van der Waals surface area contributed by atoms with Crippen molar-refractivity contribution < 1.29 is 14.5 Å². The second-order valence-corrected chi connectivity index (χ2v) is 6.77. The molecule has 8 nitrogen and oxygen atoms in total. The Kier molecular flexibility index (Phi) is 7.18. The van der Waals surface area contributed by atoms with Crippen LogP contribution in [0, 0.1) is 10.1 Å². The number of ether oxygens (including phenoxy) is 1. The fraction of sp³-hybridized carbons (Fsp3) is 0.174. The van der Waals surface area contributed by atoms with Gasteiger partial charge in [0.1, 0.15) is 5.69 Å². The highest BCUT2D eigenvalue weighted by Crippen LogP contribution is 2.31. The highest BCUT2D eigenvalue weighted by molar-refractivity contribution is 6.07. The number of anilines is 4. The summed E-state index contributed by atoms with van der Waals surface area (Å²) in [7, 11) is 3.46. The Balaban J connectivity index is 1.84. The minimum absolute atomic E-state index is 0.168. The number of para-hydroxylation sites is 3. The third-order valence-corrected chi connectivity index (χ3v) is 4.74. The highest BCUT2D eigenvalue weighted by Gasteiger charge is 2.19. The summed E-state index contributed by atoms with van der Waals surface area (Å²) in [5.41, 5.74) is 2.73. The predicted octanol–water partition coefficient (Wildman–Crippen LogP) is 4.67. The predicted molar refractivity (Wildman–Crippen MR) is 122 cm³/mol. The number of rotatable bonds is 9. The monoisotopic (exact) mass is 420 g/mol. The van der Waals surface area contributed by atoms with Crippen LogP contribution in [0.2, 0.25) is 0 Å². The Morgan fingerprint density at radius 3 is 2.45 bits per heavy atom. The summed E-state index contributed by atoms with van der Waals surface area (Å²) in [4.78, 5) is 25.8. The smallest absolute Gasteiger partial charge is 0.293 e. The van der Waals surface area contributed by atoms with E-state index in [0.717, 1.165) is 11.4 Å². The Labute approximate surface area is 180 Å². The van der Waals surface area contributed by atoms with E-state index in [0.29, 0.717) is 24.5 Å². The SMILES string of the molecule is COCCNc1ccc(C(=O)Nc2ccccc2N(C)c2ccccc2)cc1[N+](=O)[O-]. The molecule has 1 amide bonds. The van der Waals surface area contributed by atoms with Gasteiger partial charge in [-0.15, -0.1) is 0 Å². The minimum atomic E-state index is -0.511. The van der Waals surface area contributed by atoms with Crippen molar-refractivity contribution in [2.45, 2.75) is 0 Å². The molecule has 0 saturated heterocycles. The fourth-order valence-corrected chi connectivity index (χ4v) is 3.12. The zero-order valence-corrected chi connectivity index (χ0v) is 17.4. The first-order valence-corrected chi connectivity index (χ1v) is 9.71. The molecular formula is C23H24N4O4. The molecule has 0 spiro atoms. The first-order chi connectivity index (χ1) is 15.0. The second kappa shape index (κ2) is 10.2. The molecule has 31 heavy (non-hydrogen) atoms. The maximum absolute atomic E-state index is 12.9. The fourth-order valence-electron chi connectivity index (χ4n) is 3.12. The van der Waals surface area contributed by atoms with Gasteiger partial charge >= 0.3 is 0 Å². The quantitative estimate of drug-likeness (QED) is 0.297. The molecule has 0 atom stereocenters. The molecule has 0 radical (unpaired) electrons. The Hall–Kier alpha value is -3.91. The van der Waals surface area contributed by atoms with Gasteiger partial charge in [-0.3, -0.25) is 14.9 Å². The third-order valence-electron chi connectivity index (χ3n) is 4.74. The molecule has 0 aromatic heterocycles. The van der Waals surface area contributed by atoms with Crippen LogP contribution in [0.25, 0.3) is 0 Å². The van der Waals surface area contributed by atoms with Crippen molar-refractivity contribution in [3.8, 4) is 0 Å². The first-order valence-electron chi connectivity index (χ1n) is 9.71. The normalized spacial score (nSPS) is 10.4. The van der Waals surface area contributed by atoms with E-state index in [9.17, 15) is 14.9 Å². The van der Waals surface area contributed by atoms with Gasteiger partial charge < -0.3 is 20.3 Å². The van der Waals surface area contributed by atoms with Crippen LogP contribution in [0.15, 0.2) is 72.8 Å². The number of hydrogen-bond acceptors (Lipinski definition) is 6. The highest BCUT2D eigenvalue weighted by atomic mass is 16.6. The minimum Gasteiger partial charge on any atom is -0.383 e. The molecule has 0 saturated carbocycles. The van der Waals surface area contributed by atoms with Crippen molar-refractivity contribution >= 4 is 34.3 Å². The number of methoxy groups -OCH3 is 1. The summed E-state index contributed by atoms with van der Waals surface area (Å²) in [5, 5.41) is 17.3. The van der Waals surface area contributed by atoms with Crippen molar-refractivity contribution in [1.82, 2.24) is 0 Å². The average Bonchev–Trinajstić information content (AvgIpc) is 2.79. The topological polar surface area (TPSA) is 96.7 Å². The maximum atomic E-state index is 12.9. The van der Waals surface area contributed by atoms with Crippen molar-refractivity contribution in [1.29, 1.82) is 0 Å². The van der Waals surface area contributed by atoms with E-state index in [1.165, 1.54) is 12.1 Å². The van der Waals surface area contributed by atoms with E-state index < -0.39 is 10.8 Å². The maximum Gasteiger partial charge on any atom is 0.293 e. The average molecular weight is 420 g/mol. The number of hydrogen-bond donors (Lipinski definition) is 2. The van der Waals surface area contributed by atoms with Crippen LogP contribution in [-0.4, -0.2) is 38.1 Å². The molecule has 0 bridgehead atoms. The van der Waals surface area contributed by atoms with Crippen LogP contribution in [0.3, 0.4) is 0 Å². The number of carbonyl (C=O) groups excluding carboxylic acids is 1. The molecule has 3 rings (SSSR count). The van der Waals surface area contributed by atoms with Crippen LogP contribution in [-0.2, 0) is 4.74 Å². The van der Waals surface area contributed by atoms with Gasteiger partial charge in [0, 0.05) is 38.0 Å². The van der Waals surface area contributed by atoms with Crippen LogP contribution in [0.4, 0.5) is 28.4 Å². The molecule has 0 unspecified atom stereocenters. The van der Waals surface area contributed by atoms with Gasteiger partial charge in [0.2, 0.25) is 0 Å². The molecule has 3 aromatic carbocycles. The molecule has 2 N–H and O–H groups in total. The molecule has 0 aliphatic rings. The van der Waals surface area contributed by atoms with Gasteiger partial charge in [-0.2, -0.15) is 0 Å².